The Bertz CT molecular complexity index is 1060. The Labute approximate surface area is 173 Å². The van der Waals surface area contributed by atoms with Crippen molar-refractivity contribution < 1.29 is 14.1 Å². The van der Waals surface area contributed by atoms with Crippen LogP contribution in [0.1, 0.15) is 11.5 Å². The van der Waals surface area contributed by atoms with Gasteiger partial charge in [-0.05, 0) is 25.1 Å². The lowest BCUT2D eigenvalue weighted by Crippen LogP contribution is -2.49. The lowest BCUT2D eigenvalue weighted by Gasteiger charge is -2.35. The molecule has 8 heteroatoms. The number of amides is 1. The predicted molar refractivity (Wildman–Crippen MR) is 112 cm³/mol. The molecule has 0 bridgehead atoms. The number of benzene rings is 2. The molecule has 1 saturated heterocycles. The molecule has 0 atom stereocenters. The first-order chi connectivity index (χ1) is 14.5. The Morgan fingerprint density at radius 1 is 1.07 bits per heavy atom. The molecule has 0 unspecified atom stereocenters. The molecule has 8 nitrogen and oxygen atoms in total. The second kappa shape index (κ2) is 8.36. The number of hydrogen-bond donors (Lipinski definition) is 0. The first kappa shape index (κ1) is 19.6. The van der Waals surface area contributed by atoms with Crippen LogP contribution < -0.4 is 4.90 Å². The maximum atomic E-state index is 12.8. The molecule has 1 aliphatic rings. The van der Waals surface area contributed by atoms with Crippen LogP contribution in [0.2, 0.25) is 0 Å². The Hall–Kier alpha value is -3.68. The van der Waals surface area contributed by atoms with Crippen molar-refractivity contribution in [2.24, 2.45) is 0 Å². The summed E-state index contributed by atoms with van der Waals surface area (Å²) in [6, 6.07) is 16.3. The second-order valence-corrected chi connectivity index (χ2v) is 7.18. The van der Waals surface area contributed by atoms with E-state index < -0.39 is 0 Å². The van der Waals surface area contributed by atoms with Crippen LogP contribution >= 0.6 is 0 Å². The molecule has 3 aromatic rings. The van der Waals surface area contributed by atoms with Crippen LogP contribution in [-0.2, 0) is 11.2 Å². The summed E-state index contributed by atoms with van der Waals surface area (Å²) in [6.45, 7) is 3.92. The summed E-state index contributed by atoms with van der Waals surface area (Å²) in [5, 5.41) is 11.3. The average molecular weight is 406 g/mol. The number of oxazole rings is 1. The number of para-hydroxylation sites is 2. The van der Waals surface area contributed by atoms with E-state index in [-0.39, 0.29) is 22.9 Å². The van der Waals surface area contributed by atoms with E-state index in [1.54, 1.807) is 23.1 Å². The van der Waals surface area contributed by atoms with Gasteiger partial charge in [0.15, 0.2) is 0 Å². The largest absolute Gasteiger partial charge is 0.441 e. The fourth-order valence-corrected chi connectivity index (χ4v) is 3.63. The third-order valence-corrected chi connectivity index (χ3v) is 5.28. The number of rotatable bonds is 5. The first-order valence-electron chi connectivity index (χ1n) is 9.81. The maximum Gasteiger partial charge on any atom is 0.292 e. The van der Waals surface area contributed by atoms with Crippen molar-refractivity contribution in [1.29, 1.82) is 0 Å². The topological polar surface area (TPSA) is 92.7 Å². The van der Waals surface area contributed by atoms with Crippen molar-refractivity contribution in [3.63, 3.8) is 0 Å². The van der Waals surface area contributed by atoms with Gasteiger partial charge in [-0.2, -0.15) is 0 Å². The molecule has 1 aliphatic heterocycles. The monoisotopic (exact) mass is 406 g/mol. The van der Waals surface area contributed by atoms with Gasteiger partial charge in [0.25, 0.3) is 5.69 Å². The minimum Gasteiger partial charge on any atom is -0.441 e. The van der Waals surface area contributed by atoms with Crippen molar-refractivity contribution in [2.75, 3.05) is 31.1 Å². The highest BCUT2D eigenvalue weighted by Gasteiger charge is 2.26. The third kappa shape index (κ3) is 4.03. The summed E-state index contributed by atoms with van der Waals surface area (Å²) in [5.74, 6) is 1.13. The summed E-state index contributed by atoms with van der Waals surface area (Å²) in [5.41, 5.74) is 2.19. The summed E-state index contributed by atoms with van der Waals surface area (Å²) in [6.07, 6.45) is 0.174. The number of piperazine rings is 1. The van der Waals surface area contributed by atoms with Crippen LogP contribution in [0.15, 0.2) is 59.0 Å². The number of nitro groups is 1. The zero-order valence-corrected chi connectivity index (χ0v) is 16.7. The van der Waals surface area contributed by atoms with Crippen LogP contribution in [0, 0.1) is 17.0 Å². The van der Waals surface area contributed by atoms with Gasteiger partial charge in [-0.1, -0.05) is 30.3 Å². The van der Waals surface area contributed by atoms with E-state index in [4.69, 9.17) is 4.42 Å². The van der Waals surface area contributed by atoms with E-state index >= 15 is 0 Å². The average Bonchev–Trinajstić information content (AvgIpc) is 3.14. The summed E-state index contributed by atoms with van der Waals surface area (Å²) in [4.78, 5) is 31.9. The SMILES string of the molecule is Cc1oc(-c2ccccc2)nc1CC(=O)N1CCN(c2ccccc2[N+](=O)[O-])CC1. The molecule has 0 radical (unpaired) electrons. The van der Waals surface area contributed by atoms with Crippen LogP contribution in [0.3, 0.4) is 0 Å². The standard InChI is InChI=1S/C22H22N4O4/c1-16-18(23-22(30-16)17-7-3-2-4-8-17)15-21(27)25-13-11-24(12-14-25)19-9-5-6-10-20(19)26(28)29/h2-10H,11-15H2,1H3. The number of anilines is 1. The van der Waals surface area contributed by atoms with E-state index in [1.807, 2.05) is 42.2 Å². The lowest BCUT2D eigenvalue weighted by molar-refractivity contribution is -0.384. The number of aromatic nitrogens is 1. The normalized spacial score (nSPS) is 14.0. The van der Waals surface area contributed by atoms with Gasteiger partial charge in [0.05, 0.1) is 17.0 Å². The van der Waals surface area contributed by atoms with Gasteiger partial charge in [0, 0.05) is 37.8 Å². The van der Waals surface area contributed by atoms with E-state index in [0.717, 1.165) is 5.56 Å². The highest BCUT2D eigenvalue weighted by molar-refractivity contribution is 5.79. The van der Waals surface area contributed by atoms with Gasteiger partial charge in [0.2, 0.25) is 11.8 Å². The second-order valence-electron chi connectivity index (χ2n) is 7.18. The molecule has 2 heterocycles. The van der Waals surface area contributed by atoms with Gasteiger partial charge in [-0.3, -0.25) is 14.9 Å². The fraction of sp³-hybridized carbons (Fsp3) is 0.273. The van der Waals surface area contributed by atoms with Crippen LogP contribution in [-0.4, -0.2) is 46.9 Å². The van der Waals surface area contributed by atoms with Crippen molar-refractivity contribution in [3.05, 3.63) is 76.2 Å². The molecule has 0 aliphatic carbocycles. The van der Waals surface area contributed by atoms with E-state index in [0.29, 0.717) is 49.2 Å². The molecular weight excluding hydrogens is 384 g/mol. The van der Waals surface area contributed by atoms with Crippen LogP contribution in [0.25, 0.3) is 11.5 Å². The first-order valence-corrected chi connectivity index (χ1v) is 9.81. The van der Waals surface area contributed by atoms with E-state index in [2.05, 4.69) is 4.98 Å². The number of hydrogen-bond acceptors (Lipinski definition) is 6. The molecule has 0 spiro atoms. The minimum absolute atomic E-state index is 0.0202. The number of carbonyl (C=O) groups is 1. The molecule has 2 aromatic carbocycles. The minimum atomic E-state index is -0.371. The molecule has 30 heavy (non-hydrogen) atoms. The van der Waals surface area contributed by atoms with Crippen molar-refractivity contribution in [3.8, 4) is 11.5 Å². The van der Waals surface area contributed by atoms with Gasteiger partial charge in [-0.15, -0.1) is 0 Å². The van der Waals surface area contributed by atoms with Gasteiger partial charge >= 0.3 is 0 Å². The number of carbonyl (C=O) groups excluding carboxylic acids is 1. The van der Waals surface area contributed by atoms with E-state index in [9.17, 15) is 14.9 Å². The molecule has 0 N–H and O–H groups in total. The summed E-state index contributed by atoms with van der Waals surface area (Å²) in [7, 11) is 0. The molecule has 1 amide bonds. The zero-order valence-electron chi connectivity index (χ0n) is 16.7. The molecule has 4 rings (SSSR count). The highest BCUT2D eigenvalue weighted by atomic mass is 16.6. The maximum absolute atomic E-state index is 12.8. The van der Waals surface area contributed by atoms with Crippen molar-refractivity contribution in [1.82, 2.24) is 9.88 Å². The fourth-order valence-electron chi connectivity index (χ4n) is 3.63. The Morgan fingerprint density at radius 2 is 1.73 bits per heavy atom. The Balaban J connectivity index is 1.40. The zero-order chi connectivity index (χ0) is 21.1. The summed E-state index contributed by atoms with van der Waals surface area (Å²) >= 11 is 0. The molecular formula is C22H22N4O4. The summed E-state index contributed by atoms with van der Waals surface area (Å²) < 4.78 is 5.75. The van der Waals surface area contributed by atoms with Crippen LogP contribution in [0.4, 0.5) is 11.4 Å². The molecule has 154 valence electrons. The van der Waals surface area contributed by atoms with Crippen molar-refractivity contribution in [2.45, 2.75) is 13.3 Å². The number of aryl methyl sites for hydroxylation is 1. The number of nitrogens with zero attached hydrogens (tertiary/aromatic N) is 4. The van der Waals surface area contributed by atoms with Gasteiger partial charge in [-0.25, -0.2) is 4.98 Å². The molecule has 1 fully saturated rings. The molecule has 0 saturated carbocycles. The quantitative estimate of drug-likeness (QED) is 0.476. The smallest absolute Gasteiger partial charge is 0.292 e. The Morgan fingerprint density at radius 3 is 2.43 bits per heavy atom. The highest BCUT2D eigenvalue weighted by Crippen LogP contribution is 2.28. The van der Waals surface area contributed by atoms with Crippen LogP contribution in [0.5, 0.6) is 0 Å². The van der Waals surface area contributed by atoms with Gasteiger partial charge in [0.1, 0.15) is 11.4 Å². The lowest BCUT2D eigenvalue weighted by atomic mass is 10.2. The van der Waals surface area contributed by atoms with Gasteiger partial charge < -0.3 is 14.2 Å². The van der Waals surface area contributed by atoms with E-state index in [1.165, 1.54) is 6.07 Å². The predicted octanol–water partition coefficient (Wildman–Crippen LogP) is 3.45. The number of nitro benzene ring substituents is 1. The third-order valence-electron chi connectivity index (χ3n) is 5.28. The molecule has 1 aromatic heterocycles. The van der Waals surface area contributed by atoms with Crippen molar-refractivity contribution >= 4 is 17.3 Å². The Kier molecular flexibility index (Phi) is 5.47.